The Bertz CT molecular complexity index is 1630. The molecule has 0 bridgehead atoms. The average Bonchev–Trinajstić information content (AvgIpc) is 3.68. The molecule has 1 atom stereocenters. The van der Waals surface area contributed by atoms with E-state index in [0.717, 1.165) is 0 Å². The highest BCUT2D eigenvalue weighted by Crippen LogP contribution is 2.30. The molecule has 2 aromatic carbocycles. The minimum Gasteiger partial charge on any atom is -0.479 e. The second kappa shape index (κ2) is 10.3. The van der Waals surface area contributed by atoms with Crippen LogP contribution in [0.3, 0.4) is 0 Å². The maximum Gasteiger partial charge on any atom is 0.334 e. The molecule has 0 aliphatic carbocycles. The van der Waals surface area contributed by atoms with Crippen molar-refractivity contribution in [3.8, 4) is 10.6 Å². The predicted molar refractivity (Wildman–Crippen MR) is 140 cm³/mol. The molecule has 3 heterocycles. The molecular weight excluding hydrogens is 510 g/mol. The van der Waals surface area contributed by atoms with Crippen LogP contribution in [0.25, 0.3) is 21.7 Å². The Morgan fingerprint density at radius 3 is 2.63 bits per heavy atom. The fourth-order valence-corrected chi connectivity index (χ4v) is 4.70. The Hall–Kier alpha value is -4.81. The number of carboxylic acids is 1. The Balaban J connectivity index is 1.47. The number of hydrogen-bond donors (Lipinski definition) is 3. The number of hydrogen-bond acceptors (Lipinski definition) is 8. The molecule has 0 fully saturated rings. The molecule has 1 unspecified atom stereocenters. The van der Waals surface area contributed by atoms with Gasteiger partial charge in [0, 0.05) is 18.3 Å². The van der Waals surface area contributed by atoms with Gasteiger partial charge in [-0.25, -0.2) is 14.8 Å². The van der Waals surface area contributed by atoms with Gasteiger partial charge in [-0.15, -0.1) is 11.3 Å². The number of carbonyl (C=O) groups is 3. The van der Waals surface area contributed by atoms with E-state index in [9.17, 15) is 24.6 Å². The van der Waals surface area contributed by atoms with Crippen molar-refractivity contribution in [1.82, 2.24) is 14.5 Å². The lowest BCUT2D eigenvalue weighted by atomic mass is 10.2. The number of amides is 2. The van der Waals surface area contributed by atoms with Crippen molar-refractivity contribution in [2.75, 3.05) is 17.3 Å². The van der Waals surface area contributed by atoms with Gasteiger partial charge < -0.3 is 24.1 Å². The predicted octanol–water partition coefficient (Wildman–Crippen LogP) is 3.73. The standard InChI is InChI=1S/C26H21N5O6S/c1-30(24(34)15-5-3-2-4-6-15)16-7-8-18-17(11-16)28-26(31(18)13-19(32)25(35)36)29-23(33)22-10-9-21(38-22)20-12-27-14-37-20/h2-12,14,19,32H,13H2,1H3,(H,35,36)(H,28,29,33). The summed E-state index contributed by atoms with van der Waals surface area (Å²) in [6, 6.07) is 17.1. The van der Waals surface area contributed by atoms with Crippen LogP contribution in [0.5, 0.6) is 0 Å². The van der Waals surface area contributed by atoms with Gasteiger partial charge in [0.2, 0.25) is 5.95 Å². The molecule has 3 aromatic heterocycles. The first kappa shape index (κ1) is 24.9. The number of aliphatic carboxylic acids is 1. The number of anilines is 2. The normalized spacial score (nSPS) is 11.8. The van der Waals surface area contributed by atoms with Crippen LogP contribution >= 0.6 is 11.3 Å². The van der Waals surface area contributed by atoms with Crippen molar-refractivity contribution in [2.24, 2.45) is 0 Å². The van der Waals surface area contributed by atoms with Crippen LogP contribution in [0.2, 0.25) is 0 Å². The lowest BCUT2D eigenvalue weighted by molar-refractivity contribution is -0.147. The van der Waals surface area contributed by atoms with Crippen LogP contribution in [0.4, 0.5) is 11.6 Å². The number of thiophene rings is 1. The fraction of sp³-hybridized carbons (Fsp3) is 0.115. The number of benzene rings is 2. The molecule has 38 heavy (non-hydrogen) atoms. The molecular formula is C26H21N5O6S. The monoisotopic (exact) mass is 531 g/mol. The Morgan fingerprint density at radius 2 is 1.92 bits per heavy atom. The largest absolute Gasteiger partial charge is 0.479 e. The molecule has 192 valence electrons. The second-order valence-corrected chi connectivity index (χ2v) is 9.37. The topological polar surface area (TPSA) is 151 Å². The number of rotatable bonds is 8. The van der Waals surface area contributed by atoms with E-state index in [1.807, 2.05) is 6.07 Å². The smallest absolute Gasteiger partial charge is 0.334 e. The van der Waals surface area contributed by atoms with Crippen LogP contribution in [-0.2, 0) is 11.3 Å². The second-order valence-electron chi connectivity index (χ2n) is 8.29. The van der Waals surface area contributed by atoms with Crippen molar-refractivity contribution in [3.05, 3.63) is 83.7 Å². The summed E-state index contributed by atoms with van der Waals surface area (Å²) in [5, 5.41) is 22.0. The van der Waals surface area contributed by atoms with E-state index in [1.165, 1.54) is 33.4 Å². The number of aromatic nitrogens is 3. The van der Waals surface area contributed by atoms with Crippen LogP contribution in [0.1, 0.15) is 20.0 Å². The van der Waals surface area contributed by atoms with Gasteiger partial charge in [-0.2, -0.15) is 0 Å². The average molecular weight is 532 g/mol. The lowest BCUT2D eigenvalue weighted by Crippen LogP contribution is -2.27. The molecule has 0 saturated carbocycles. The van der Waals surface area contributed by atoms with E-state index in [0.29, 0.717) is 37.8 Å². The highest BCUT2D eigenvalue weighted by atomic mass is 32.1. The number of fused-ring (bicyclic) bond motifs is 1. The van der Waals surface area contributed by atoms with Crippen LogP contribution < -0.4 is 10.2 Å². The summed E-state index contributed by atoms with van der Waals surface area (Å²) in [5.74, 6) is -1.54. The zero-order valence-electron chi connectivity index (χ0n) is 19.9. The van der Waals surface area contributed by atoms with Gasteiger partial charge in [0.15, 0.2) is 18.3 Å². The molecule has 0 aliphatic heterocycles. The summed E-state index contributed by atoms with van der Waals surface area (Å²) in [6.07, 6.45) is 1.10. The molecule has 0 aliphatic rings. The van der Waals surface area contributed by atoms with E-state index in [-0.39, 0.29) is 18.4 Å². The van der Waals surface area contributed by atoms with Crippen LogP contribution in [-0.4, -0.2) is 55.7 Å². The van der Waals surface area contributed by atoms with Gasteiger partial charge in [-0.05, 0) is 42.5 Å². The molecule has 0 saturated heterocycles. The molecule has 5 aromatic rings. The minimum absolute atomic E-state index is 0.0501. The molecule has 0 radical (unpaired) electrons. The molecule has 3 N–H and O–H groups in total. The first-order valence-electron chi connectivity index (χ1n) is 11.4. The van der Waals surface area contributed by atoms with Gasteiger partial charge in [0.1, 0.15) is 0 Å². The SMILES string of the molecule is CN(C(=O)c1ccccc1)c1ccc2c(c1)nc(NC(=O)c1ccc(-c3cnco3)s1)n2CC(O)C(=O)O. The third-order valence-electron chi connectivity index (χ3n) is 5.82. The Morgan fingerprint density at radius 1 is 1.13 bits per heavy atom. The van der Waals surface area contributed by atoms with Crippen molar-refractivity contribution in [1.29, 1.82) is 0 Å². The third kappa shape index (κ3) is 4.90. The number of imidazole rings is 1. The molecule has 11 nitrogen and oxygen atoms in total. The quantitative estimate of drug-likeness (QED) is 0.274. The van der Waals surface area contributed by atoms with Crippen molar-refractivity contribution in [2.45, 2.75) is 12.6 Å². The van der Waals surface area contributed by atoms with Gasteiger partial charge in [-0.3, -0.25) is 14.9 Å². The molecule has 5 rings (SSSR count). The summed E-state index contributed by atoms with van der Waals surface area (Å²) >= 11 is 1.19. The first-order valence-corrected chi connectivity index (χ1v) is 12.2. The molecule has 0 spiro atoms. The van der Waals surface area contributed by atoms with Gasteiger partial charge in [-0.1, -0.05) is 18.2 Å². The van der Waals surface area contributed by atoms with Crippen molar-refractivity contribution >= 4 is 51.8 Å². The number of nitrogens with zero attached hydrogens (tertiary/aromatic N) is 4. The summed E-state index contributed by atoms with van der Waals surface area (Å²) < 4.78 is 6.69. The minimum atomic E-state index is -1.73. The molecule has 12 heteroatoms. The third-order valence-corrected chi connectivity index (χ3v) is 6.91. The lowest BCUT2D eigenvalue weighted by Gasteiger charge is -2.17. The summed E-state index contributed by atoms with van der Waals surface area (Å²) in [5.41, 5.74) is 1.93. The maximum atomic E-state index is 13.0. The summed E-state index contributed by atoms with van der Waals surface area (Å²) in [7, 11) is 1.63. The number of aliphatic hydroxyl groups excluding tert-OH is 1. The van der Waals surface area contributed by atoms with Crippen molar-refractivity contribution in [3.63, 3.8) is 0 Å². The van der Waals surface area contributed by atoms with Crippen LogP contribution in [0, 0.1) is 0 Å². The highest BCUT2D eigenvalue weighted by Gasteiger charge is 2.22. The van der Waals surface area contributed by atoms with E-state index in [4.69, 9.17) is 4.42 Å². The summed E-state index contributed by atoms with van der Waals surface area (Å²) in [4.78, 5) is 48.2. The Kier molecular flexibility index (Phi) is 6.73. The van der Waals surface area contributed by atoms with Crippen LogP contribution in [0.15, 0.2) is 77.7 Å². The van der Waals surface area contributed by atoms with E-state index < -0.39 is 18.0 Å². The maximum absolute atomic E-state index is 13.0. The van der Waals surface area contributed by atoms with E-state index in [1.54, 1.807) is 61.6 Å². The summed E-state index contributed by atoms with van der Waals surface area (Å²) in [6.45, 7) is -0.354. The van der Waals surface area contributed by atoms with E-state index >= 15 is 0 Å². The van der Waals surface area contributed by atoms with Gasteiger partial charge >= 0.3 is 5.97 Å². The number of carbonyl (C=O) groups excluding carboxylic acids is 2. The zero-order chi connectivity index (χ0) is 26.8. The molecule has 2 amide bonds. The number of aliphatic hydroxyl groups is 1. The fourth-order valence-electron chi connectivity index (χ4n) is 3.84. The first-order chi connectivity index (χ1) is 18.3. The van der Waals surface area contributed by atoms with Gasteiger partial charge in [0.25, 0.3) is 11.8 Å². The number of nitrogens with one attached hydrogen (secondary N) is 1. The Labute approximate surface area is 219 Å². The highest BCUT2D eigenvalue weighted by molar-refractivity contribution is 7.17. The number of carboxylic acid groups (broad SMARTS) is 1. The van der Waals surface area contributed by atoms with E-state index in [2.05, 4.69) is 15.3 Å². The zero-order valence-corrected chi connectivity index (χ0v) is 20.8. The van der Waals surface area contributed by atoms with Gasteiger partial charge in [0.05, 0.1) is 33.5 Å². The van der Waals surface area contributed by atoms with Crippen molar-refractivity contribution < 1.29 is 29.0 Å². The number of oxazole rings is 1.